The Morgan fingerprint density at radius 1 is 1.18 bits per heavy atom. The first-order chi connectivity index (χ1) is 8.05. The molecule has 0 spiro atoms. The summed E-state index contributed by atoms with van der Waals surface area (Å²) in [7, 11) is 0. The van der Waals surface area contributed by atoms with Crippen molar-refractivity contribution in [2.75, 3.05) is 13.1 Å². The molecule has 0 atom stereocenters. The number of hydrogen-bond acceptors (Lipinski definition) is 2. The van der Waals surface area contributed by atoms with Crippen LogP contribution in [0.1, 0.15) is 52.4 Å². The van der Waals surface area contributed by atoms with Crippen LogP contribution < -0.4 is 0 Å². The molecular formula is C13H23NO3. The van der Waals surface area contributed by atoms with E-state index in [9.17, 15) is 14.7 Å². The van der Waals surface area contributed by atoms with Crippen molar-refractivity contribution in [2.24, 2.45) is 5.41 Å². The summed E-state index contributed by atoms with van der Waals surface area (Å²) in [5.74, 6) is -0.791. The van der Waals surface area contributed by atoms with Gasteiger partial charge in [0.1, 0.15) is 0 Å². The number of amides is 1. The first kappa shape index (κ1) is 14.0. The van der Waals surface area contributed by atoms with Gasteiger partial charge in [0.2, 0.25) is 5.91 Å². The molecule has 0 aromatic rings. The minimum Gasteiger partial charge on any atom is -0.481 e. The molecule has 98 valence electrons. The zero-order chi connectivity index (χ0) is 12.9. The van der Waals surface area contributed by atoms with Gasteiger partial charge in [0.05, 0.1) is 5.41 Å². The molecule has 0 saturated heterocycles. The van der Waals surface area contributed by atoms with Gasteiger partial charge in [-0.15, -0.1) is 0 Å². The van der Waals surface area contributed by atoms with E-state index in [1.54, 1.807) is 0 Å². The Hall–Kier alpha value is -1.06. The molecule has 0 bridgehead atoms. The predicted octanol–water partition coefficient (Wildman–Crippen LogP) is 2.28. The Kier molecular flexibility index (Phi) is 4.97. The van der Waals surface area contributed by atoms with Crippen molar-refractivity contribution in [1.82, 2.24) is 4.90 Å². The molecule has 1 saturated carbocycles. The third kappa shape index (κ3) is 3.20. The number of carbonyl (C=O) groups excluding carboxylic acids is 1. The molecule has 1 aliphatic carbocycles. The third-order valence-electron chi connectivity index (χ3n) is 3.59. The van der Waals surface area contributed by atoms with E-state index < -0.39 is 11.4 Å². The van der Waals surface area contributed by atoms with Crippen LogP contribution in [0.25, 0.3) is 0 Å². The summed E-state index contributed by atoms with van der Waals surface area (Å²) in [5.41, 5.74) is -0.753. The Labute approximate surface area is 103 Å². The highest BCUT2D eigenvalue weighted by Gasteiger charge is 2.46. The quantitative estimate of drug-likeness (QED) is 0.744. The lowest BCUT2D eigenvalue weighted by molar-refractivity contribution is -0.159. The first-order valence-electron chi connectivity index (χ1n) is 6.57. The van der Waals surface area contributed by atoms with Crippen molar-refractivity contribution in [1.29, 1.82) is 0 Å². The number of carboxylic acids is 1. The maximum Gasteiger partial charge on any atom is 0.310 e. The summed E-state index contributed by atoms with van der Waals surface area (Å²) < 4.78 is 0. The number of hydrogen-bond donors (Lipinski definition) is 1. The molecule has 1 aliphatic rings. The highest BCUT2D eigenvalue weighted by atomic mass is 16.4. The molecule has 1 fully saturated rings. The summed E-state index contributed by atoms with van der Waals surface area (Å²) in [6, 6.07) is 0. The summed E-state index contributed by atoms with van der Waals surface area (Å²) in [6.45, 7) is 5.54. The fraction of sp³-hybridized carbons (Fsp3) is 0.846. The van der Waals surface area contributed by atoms with E-state index in [0.29, 0.717) is 12.8 Å². The van der Waals surface area contributed by atoms with E-state index in [-0.39, 0.29) is 12.3 Å². The Morgan fingerprint density at radius 2 is 1.71 bits per heavy atom. The minimum atomic E-state index is -0.801. The Bertz CT molecular complexity index is 278. The van der Waals surface area contributed by atoms with Crippen LogP contribution in [-0.2, 0) is 9.59 Å². The molecule has 0 aromatic heterocycles. The van der Waals surface area contributed by atoms with E-state index in [1.807, 2.05) is 18.7 Å². The molecule has 0 heterocycles. The highest BCUT2D eigenvalue weighted by Crippen LogP contribution is 2.44. The predicted molar refractivity (Wildman–Crippen MR) is 65.7 cm³/mol. The number of carboxylic acid groups (broad SMARTS) is 1. The lowest BCUT2D eigenvalue weighted by Crippen LogP contribution is -2.44. The standard InChI is InChI=1S/C13H23NO3/c1-3-8-14(9-4-2)11(15)10-13(12(16)17)6-5-7-13/h3-10H2,1-2H3,(H,16,17). The smallest absolute Gasteiger partial charge is 0.310 e. The SMILES string of the molecule is CCCN(CCC)C(=O)CC1(C(=O)O)CCC1. The molecule has 0 unspecified atom stereocenters. The maximum absolute atomic E-state index is 12.1. The average Bonchev–Trinajstić information content (AvgIpc) is 2.22. The largest absolute Gasteiger partial charge is 0.481 e. The third-order valence-corrected chi connectivity index (χ3v) is 3.59. The molecular weight excluding hydrogens is 218 g/mol. The topological polar surface area (TPSA) is 57.6 Å². The molecule has 4 heteroatoms. The summed E-state index contributed by atoms with van der Waals surface area (Å²) in [6.07, 6.45) is 4.27. The number of carbonyl (C=O) groups is 2. The fourth-order valence-corrected chi connectivity index (χ4v) is 2.37. The van der Waals surface area contributed by atoms with Gasteiger partial charge in [-0.05, 0) is 25.7 Å². The van der Waals surface area contributed by atoms with Crippen molar-refractivity contribution in [3.63, 3.8) is 0 Å². The van der Waals surface area contributed by atoms with E-state index in [1.165, 1.54) is 0 Å². The van der Waals surface area contributed by atoms with Gasteiger partial charge in [-0.1, -0.05) is 20.3 Å². The van der Waals surface area contributed by atoms with Crippen LogP contribution in [0.5, 0.6) is 0 Å². The lowest BCUT2D eigenvalue weighted by atomic mass is 9.66. The van der Waals surface area contributed by atoms with E-state index in [2.05, 4.69) is 0 Å². The molecule has 0 radical (unpaired) electrons. The summed E-state index contributed by atoms with van der Waals surface area (Å²) >= 11 is 0. The second kappa shape index (κ2) is 6.03. The minimum absolute atomic E-state index is 0.0100. The van der Waals surface area contributed by atoms with Crippen molar-refractivity contribution in [2.45, 2.75) is 52.4 Å². The zero-order valence-electron chi connectivity index (χ0n) is 10.9. The molecule has 1 amide bonds. The van der Waals surface area contributed by atoms with Gasteiger partial charge in [0, 0.05) is 19.5 Å². The lowest BCUT2D eigenvalue weighted by Gasteiger charge is -2.38. The second-order valence-electron chi connectivity index (χ2n) is 5.00. The Balaban J connectivity index is 2.59. The van der Waals surface area contributed by atoms with Crippen molar-refractivity contribution in [3.05, 3.63) is 0 Å². The van der Waals surface area contributed by atoms with Gasteiger partial charge in [-0.2, -0.15) is 0 Å². The molecule has 17 heavy (non-hydrogen) atoms. The monoisotopic (exact) mass is 241 g/mol. The first-order valence-corrected chi connectivity index (χ1v) is 6.57. The summed E-state index contributed by atoms with van der Waals surface area (Å²) in [4.78, 5) is 25.1. The number of aliphatic carboxylic acids is 1. The summed E-state index contributed by atoms with van der Waals surface area (Å²) in [5, 5.41) is 9.20. The zero-order valence-corrected chi connectivity index (χ0v) is 10.9. The fourth-order valence-electron chi connectivity index (χ4n) is 2.37. The van der Waals surface area contributed by atoms with Crippen molar-refractivity contribution in [3.8, 4) is 0 Å². The van der Waals surface area contributed by atoms with Gasteiger partial charge >= 0.3 is 5.97 Å². The van der Waals surface area contributed by atoms with E-state index >= 15 is 0 Å². The van der Waals surface area contributed by atoms with E-state index in [0.717, 1.165) is 32.4 Å². The van der Waals surface area contributed by atoms with Crippen LogP contribution in [0.3, 0.4) is 0 Å². The van der Waals surface area contributed by atoms with Crippen LogP contribution >= 0.6 is 0 Å². The number of rotatable bonds is 7. The molecule has 4 nitrogen and oxygen atoms in total. The van der Waals surface area contributed by atoms with Gasteiger partial charge in [0.15, 0.2) is 0 Å². The van der Waals surface area contributed by atoms with E-state index in [4.69, 9.17) is 0 Å². The highest BCUT2D eigenvalue weighted by molar-refractivity contribution is 5.85. The van der Waals surface area contributed by atoms with Crippen LogP contribution in [0.4, 0.5) is 0 Å². The molecule has 1 N–H and O–H groups in total. The van der Waals surface area contributed by atoms with Crippen LogP contribution in [0.15, 0.2) is 0 Å². The normalized spacial score (nSPS) is 17.3. The van der Waals surface area contributed by atoms with Gasteiger partial charge in [0.25, 0.3) is 0 Å². The van der Waals surface area contributed by atoms with Crippen molar-refractivity contribution >= 4 is 11.9 Å². The molecule has 1 rings (SSSR count). The van der Waals surface area contributed by atoms with Gasteiger partial charge in [-0.25, -0.2) is 0 Å². The Morgan fingerprint density at radius 3 is 2.00 bits per heavy atom. The number of nitrogens with zero attached hydrogens (tertiary/aromatic N) is 1. The average molecular weight is 241 g/mol. The van der Waals surface area contributed by atoms with Crippen molar-refractivity contribution < 1.29 is 14.7 Å². The van der Waals surface area contributed by atoms with Gasteiger partial charge < -0.3 is 10.0 Å². The maximum atomic E-state index is 12.1. The van der Waals surface area contributed by atoms with Crippen LogP contribution in [-0.4, -0.2) is 35.0 Å². The molecule has 0 aliphatic heterocycles. The molecule has 0 aromatic carbocycles. The van der Waals surface area contributed by atoms with Crippen LogP contribution in [0, 0.1) is 5.41 Å². The second-order valence-corrected chi connectivity index (χ2v) is 5.00. The van der Waals surface area contributed by atoms with Crippen LogP contribution in [0.2, 0.25) is 0 Å². The van der Waals surface area contributed by atoms with Gasteiger partial charge in [-0.3, -0.25) is 9.59 Å².